The van der Waals surface area contributed by atoms with Crippen molar-refractivity contribution in [1.29, 1.82) is 0 Å². The molecule has 0 spiro atoms. The Morgan fingerprint density at radius 3 is 2.18 bits per heavy atom. The van der Waals surface area contributed by atoms with Crippen molar-refractivity contribution in [2.75, 3.05) is 12.8 Å². The highest BCUT2D eigenvalue weighted by atomic mass is 35.5. The molecular formula is C11H15Cl2NO2S. The minimum absolute atomic E-state index is 0.151. The van der Waals surface area contributed by atoms with Crippen LogP contribution in [-0.4, -0.2) is 25.5 Å². The Kier molecular flexibility index (Phi) is 5.25. The molecule has 0 saturated carbocycles. The predicted molar refractivity (Wildman–Crippen MR) is 72.0 cm³/mol. The van der Waals surface area contributed by atoms with Gasteiger partial charge in [0, 0.05) is 23.6 Å². The van der Waals surface area contributed by atoms with Crippen LogP contribution < -0.4 is 0 Å². The van der Waals surface area contributed by atoms with Gasteiger partial charge in [0.1, 0.15) is 0 Å². The van der Waals surface area contributed by atoms with Crippen molar-refractivity contribution in [1.82, 2.24) is 4.31 Å². The van der Waals surface area contributed by atoms with Crippen LogP contribution in [0.3, 0.4) is 0 Å². The second kappa shape index (κ2) is 6.05. The topological polar surface area (TPSA) is 37.4 Å². The van der Waals surface area contributed by atoms with Crippen molar-refractivity contribution in [3.8, 4) is 0 Å². The van der Waals surface area contributed by atoms with E-state index < -0.39 is 10.0 Å². The lowest BCUT2D eigenvalue weighted by Gasteiger charge is -2.17. The van der Waals surface area contributed by atoms with E-state index in [1.165, 1.54) is 4.31 Å². The van der Waals surface area contributed by atoms with Gasteiger partial charge in [0.15, 0.2) is 0 Å². The first-order chi connectivity index (χ1) is 7.85. The highest BCUT2D eigenvalue weighted by Crippen LogP contribution is 2.20. The Labute approximate surface area is 112 Å². The molecule has 0 radical (unpaired) electrons. The lowest BCUT2D eigenvalue weighted by atomic mass is 10.2. The summed E-state index contributed by atoms with van der Waals surface area (Å²) in [5.41, 5.74) is 0.782. The number of hydrogen-bond donors (Lipinski definition) is 0. The van der Waals surface area contributed by atoms with E-state index in [1.54, 1.807) is 25.2 Å². The Bertz CT molecular complexity index is 468. The molecule has 17 heavy (non-hydrogen) atoms. The molecule has 0 fully saturated rings. The third kappa shape index (κ3) is 4.47. The van der Waals surface area contributed by atoms with Gasteiger partial charge in [0.05, 0.1) is 5.75 Å². The van der Waals surface area contributed by atoms with Crippen molar-refractivity contribution in [3.63, 3.8) is 0 Å². The van der Waals surface area contributed by atoms with Crippen molar-refractivity contribution in [2.24, 2.45) is 0 Å². The lowest BCUT2D eigenvalue weighted by Crippen LogP contribution is -2.28. The third-order valence-corrected chi connectivity index (χ3v) is 4.70. The van der Waals surface area contributed by atoms with Crippen molar-refractivity contribution in [3.05, 3.63) is 33.8 Å². The molecule has 0 aromatic heterocycles. The Balaban J connectivity index is 2.84. The van der Waals surface area contributed by atoms with Crippen LogP contribution >= 0.6 is 23.2 Å². The van der Waals surface area contributed by atoms with Gasteiger partial charge < -0.3 is 0 Å². The van der Waals surface area contributed by atoms with E-state index in [9.17, 15) is 8.42 Å². The smallest absolute Gasteiger partial charge is 0.212 e. The third-order valence-electron chi connectivity index (χ3n) is 2.26. The average molecular weight is 296 g/mol. The molecule has 3 nitrogen and oxygen atoms in total. The summed E-state index contributed by atoms with van der Waals surface area (Å²) in [6, 6.07) is 5.05. The van der Waals surface area contributed by atoms with Crippen LogP contribution in [0.15, 0.2) is 18.2 Å². The van der Waals surface area contributed by atoms with Gasteiger partial charge >= 0.3 is 0 Å². The van der Waals surface area contributed by atoms with E-state index in [-0.39, 0.29) is 12.3 Å². The molecule has 0 N–H and O–H groups in total. The average Bonchev–Trinajstić information content (AvgIpc) is 2.15. The van der Waals surface area contributed by atoms with Crippen LogP contribution in [0.5, 0.6) is 0 Å². The van der Waals surface area contributed by atoms with Crippen LogP contribution in [-0.2, 0) is 16.6 Å². The van der Waals surface area contributed by atoms with Crippen molar-refractivity contribution in [2.45, 2.75) is 19.9 Å². The van der Waals surface area contributed by atoms with Crippen LogP contribution in [0.25, 0.3) is 0 Å². The molecule has 0 aliphatic rings. The van der Waals surface area contributed by atoms with E-state index in [0.29, 0.717) is 16.5 Å². The summed E-state index contributed by atoms with van der Waals surface area (Å²) in [5.74, 6) is 0.151. The zero-order valence-electron chi connectivity index (χ0n) is 9.78. The van der Waals surface area contributed by atoms with Gasteiger partial charge in [-0.2, -0.15) is 0 Å². The molecule has 0 unspecified atom stereocenters. The summed E-state index contributed by atoms with van der Waals surface area (Å²) >= 11 is 11.7. The predicted octanol–water partition coefficient (Wildman–Crippen LogP) is 3.17. The van der Waals surface area contributed by atoms with Crippen molar-refractivity contribution < 1.29 is 8.42 Å². The SMILES string of the molecule is CCCS(=O)(=O)N(C)Cc1cc(Cl)cc(Cl)c1. The maximum absolute atomic E-state index is 11.8. The first-order valence-electron chi connectivity index (χ1n) is 5.24. The molecule has 6 heteroatoms. The van der Waals surface area contributed by atoms with Crippen LogP contribution in [0.4, 0.5) is 0 Å². The second-order valence-electron chi connectivity index (χ2n) is 3.85. The quantitative estimate of drug-likeness (QED) is 0.837. The highest BCUT2D eigenvalue weighted by molar-refractivity contribution is 7.89. The van der Waals surface area contributed by atoms with E-state index in [4.69, 9.17) is 23.2 Å². The molecule has 0 saturated heterocycles. The maximum atomic E-state index is 11.8. The van der Waals surface area contributed by atoms with Crippen molar-refractivity contribution >= 4 is 33.2 Å². The lowest BCUT2D eigenvalue weighted by molar-refractivity contribution is 0.466. The fraction of sp³-hybridized carbons (Fsp3) is 0.455. The van der Waals surface area contributed by atoms with Gasteiger partial charge in [-0.3, -0.25) is 0 Å². The van der Waals surface area contributed by atoms with Crippen LogP contribution in [0.2, 0.25) is 10.0 Å². The normalized spacial score (nSPS) is 12.1. The zero-order chi connectivity index (χ0) is 13.1. The molecule has 96 valence electrons. The summed E-state index contributed by atoms with van der Waals surface area (Å²) < 4.78 is 24.8. The molecule has 0 heterocycles. The fourth-order valence-electron chi connectivity index (χ4n) is 1.47. The number of halogens is 2. The molecule has 0 aliphatic carbocycles. The van der Waals surface area contributed by atoms with Gasteiger partial charge in [0.25, 0.3) is 0 Å². The number of nitrogens with zero attached hydrogens (tertiary/aromatic N) is 1. The molecule has 1 aromatic rings. The largest absolute Gasteiger partial charge is 0.214 e. The van der Waals surface area contributed by atoms with E-state index in [0.717, 1.165) is 5.56 Å². The van der Waals surface area contributed by atoms with Crippen LogP contribution in [0.1, 0.15) is 18.9 Å². The number of rotatable bonds is 5. The minimum atomic E-state index is -3.19. The Hall–Kier alpha value is -0.290. The first kappa shape index (κ1) is 14.8. The molecule has 0 amide bonds. The highest BCUT2D eigenvalue weighted by Gasteiger charge is 2.16. The van der Waals surface area contributed by atoms with Gasteiger partial charge in [0.2, 0.25) is 10.0 Å². The maximum Gasteiger partial charge on any atom is 0.214 e. The Morgan fingerprint density at radius 2 is 1.71 bits per heavy atom. The fourth-order valence-corrected chi connectivity index (χ4v) is 3.22. The minimum Gasteiger partial charge on any atom is -0.212 e. The number of benzene rings is 1. The molecule has 0 atom stereocenters. The number of hydrogen-bond acceptors (Lipinski definition) is 2. The zero-order valence-corrected chi connectivity index (χ0v) is 12.1. The summed E-state index contributed by atoms with van der Waals surface area (Å²) in [5, 5.41) is 1.02. The monoisotopic (exact) mass is 295 g/mol. The van der Waals surface area contributed by atoms with Gasteiger partial charge in [-0.25, -0.2) is 12.7 Å². The molecular weight excluding hydrogens is 281 g/mol. The molecule has 1 rings (SSSR count). The standard InChI is InChI=1S/C11H15Cl2NO2S/c1-3-4-17(15,16)14(2)8-9-5-10(12)7-11(13)6-9/h5-7H,3-4,8H2,1-2H3. The molecule has 1 aromatic carbocycles. The number of sulfonamides is 1. The summed E-state index contributed by atoms with van der Waals surface area (Å²) in [6.45, 7) is 2.12. The Morgan fingerprint density at radius 1 is 1.18 bits per heavy atom. The van der Waals surface area contributed by atoms with Gasteiger partial charge in [-0.1, -0.05) is 30.1 Å². The summed E-state index contributed by atoms with van der Waals surface area (Å²) in [7, 11) is -1.63. The molecule has 0 aliphatic heterocycles. The molecule has 0 bridgehead atoms. The second-order valence-corrected chi connectivity index (χ2v) is 6.92. The first-order valence-corrected chi connectivity index (χ1v) is 7.60. The van der Waals surface area contributed by atoms with Gasteiger partial charge in [-0.15, -0.1) is 0 Å². The summed E-state index contributed by atoms with van der Waals surface area (Å²) in [4.78, 5) is 0. The van der Waals surface area contributed by atoms with Gasteiger partial charge in [-0.05, 0) is 30.2 Å². The summed E-state index contributed by atoms with van der Waals surface area (Å²) in [6.07, 6.45) is 0.600. The van der Waals surface area contributed by atoms with E-state index >= 15 is 0 Å². The van der Waals surface area contributed by atoms with E-state index in [1.807, 2.05) is 6.92 Å². The van der Waals surface area contributed by atoms with Crippen LogP contribution in [0, 0.1) is 0 Å². The van der Waals surface area contributed by atoms with E-state index in [2.05, 4.69) is 0 Å².